The van der Waals surface area contributed by atoms with Gasteiger partial charge in [-0.2, -0.15) is 5.10 Å². The average Bonchev–Trinajstić information content (AvgIpc) is 2.40. The molecule has 0 radical (unpaired) electrons. The van der Waals surface area contributed by atoms with Gasteiger partial charge in [0.25, 0.3) is 5.91 Å². The first-order valence-electron chi connectivity index (χ1n) is 6.69. The minimum Gasteiger partial charge on any atom is -0.338 e. The summed E-state index contributed by atoms with van der Waals surface area (Å²) in [6.07, 6.45) is 4.09. The Morgan fingerprint density at radius 1 is 1.39 bits per heavy atom. The van der Waals surface area contributed by atoms with Gasteiger partial charge in [0.2, 0.25) is 5.91 Å². The highest BCUT2D eigenvalue weighted by Gasteiger charge is 2.32. The number of hydrogen-bond donors (Lipinski definition) is 1. The van der Waals surface area contributed by atoms with Gasteiger partial charge in [-0.25, -0.2) is 5.43 Å². The second-order valence-electron chi connectivity index (χ2n) is 5.55. The van der Waals surface area contributed by atoms with Crippen LogP contribution in [0.5, 0.6) is 0 Å². The molecule has 0 saturated carbocycles. The second kappa shape index (κ2) is 5.08. The third-order valence-electron chi connectivity index (χ3n) is 4.26. The van der Waals surface area contributed by atoms with Crippen molar-refractivity contribution in [2.24, 2.45) is 10.5 Å². The number of carbonyl (C=O) groups is 2. The summed E-state index contributed by atoms with van der Waals surface area (Å²) in [5, 5.41) is 3.87. The highest BCUT2D eigenvalue weighted by Crippen LogP contribution is 2.34. The summed E-state index contributed by atoms with van der Waals surface area (Å²) in [6.45, 7) is 6.09. The zero-order valence-electron chi connectivity index (χ0n) is 11.2. The van der Waals surface area contributed by atoms with Gasteiger partial charge in [-0.3, -0.25) is 9.59 Å². The second-order valence-corrected chi connectivity index (χ2v) is 5.55. The molecule has 0 aromatic carbocycles. The van der Waals surface area contributed by atoms with E-state index >= 15 is 0 Å². The summed E-state index contributed by atoms with van der Waals surface area (Å²) in [5.74, 6) is -0.114. The SMILES string of the molecule is CCC1(C)CCN(C(=O)C2=NNC(=O)CC2)CC1. The summed E-state index contributed by atoms with van der Waals surface area (Å²) < 4.78 is 0. The average molecular weight is 251 g/mol. The molecule has 0 aliphatic carbocycles. The largest absolute Gasteiger partial charge is 0.338 e. The molecule has 0 aromatic rings. The summed E-state index contributed by atoms with van der Waals surface area (Å²) in [6, 6.07) is 0. The van der Waals surface area contributed by atoms with Crippen LogP contribution in [0.25, 0.3) is 0 Å². The molecule has 0 atom stereocenters. The number of likely N-dealkylation sites (tertiary alicyclic amines) is 1. The van der Waals surface area contributed by atoms with E-state index in [1.165, 1.54) is 0 Å². The Kier molecular flexibility index (Phi) is 3.68. The van der Waals surface area contributed by atoms with E-state index in [1.54, 1.807) is 0 Å². The van der Waals surface area contributed by atoms with Gasteiger partial charge < -0.3 is 4.90 Å². The van der Waals surface area contributed by atoms with E-state index in [1.807, 2.05) is 4.90 Å². The summed E-state index contributed by atoms with van der Waals surface area (Å²) in [4.78, 5) is 25.1. The molecule has 1 N–H and O–H groups in total. The maximum absolute atomic E-state index is 12.2. The van der Waals surface area contributed by atoms with Crippen LogP contribution in [0, 0.1) is 5.41 Å². The van der Waals surface area contributed by atoms with Crippen molar-refractivity contribution in [3.63, 3.8) is 0 Å². The number of rotatable bonds is 2. The molecule has 0 spiro atoms. The van der Waals surface area contributed by atoms with Crippen LogP contribution in [0.3, 0.4) is 0 Å². The first kappa shape index (κ1) is 13.1. The molecule has 2 heterocycles. The van der Waals surface area contributed by atoms with Crippen molar-refractivity contribution in [2.75, 3.05) is 13.1 Å². The predicted octanol–water partition coefficient (Wildman–Crippen LogP) is 1.29. The molecule has 1 fully saturated rings. The summed E-state index contributed by atoms with van der Waals surface area (Å²) in [5.41, 5.74) is 3.25. The maximum Gasteiger partial charge on any atom is 0.270 e. The number of nitrogens with zero attached hydrogens (tertiary/aromatic N) is 2. The Labute approximate surface area is 108 Å². The zero-order chi connectivity index (χ0) is 13.2. The van der Waals surface area contributed by atoms with Crippen molar-refractivity contribution in [3.05, 3.63) is 0 Å². The Balaban J connectivity index is 1.94. The van der Waals surface area contributed by atoms with Gasteiger partial charge in [-0.15, -0.1) is 0 Å². The standard InChI is InChI=1S/C13H21N3O2/c1-3-13(2)6-8-16(9-7-13)12(18)10-4-5-11(17)15-14-10/h3-9H2,1-2H3,(H,15,17). The van der Waals surface area contributed by atoms with Crippen LogP contribution in [-0.2, 0) is 9.59 Å². The first-order valence-corrected chi connectivity index (χ1v) is 6.69. The molecule has 2 amide bonds. The van der Waals surface area contributed by atoms with Crippen molar-refractivity contribution in [1.29, 1.82) is 0 Å². The minimum atomic E-state index is -0.108. The lowest BCUT2D eigenvalue weighted by Crippen LogP contribution is -2.46. The van der Waals surface area contributed by atoms with Gasteiger partial charge in [0, 0.05) is 25.9 Å². The van der Waals surface area contributed by atoms with Crippen LogP contribution >= 0.6 is 0 Å². The van der Waals surface area contributed by atoms with Gasteiger partial charge in [-0.1, -0.05) is 20.3 Å². The van der Waals surface area contributed by atoms with E-state index in [9.17, 15) is 9.59 Å². The van der Waals surface area contributed by atoms with Crippen LogP contribution < -0.4 is 5.43 Å². The van der Waals surface area contributed by atoms with Crippen molar-refractivity contribution >= 4 is 17.5 Å². The summed E-state index contributed by atoms with van der Waals surface area (Å²) >= 11 is 0. The van der Waals surface area contributed by atoms with E-state index in [2.05, 4.69) is 24.4 Å². The van der Waals surface area contributed by atoms with Crippen LogP contribution in [0.2, 0.25) is 0 Å². The van der Waals surface area contributed by atoms with Crippen molar-refractivity contribution in [2.45, 2.75) is 46.0 Å². The molecule has 5 nitrogen and oxygen atoms in total. The van der Waals surface area contributed by atoms with Gasteiger partial charge in [0.05, 0.1) is 0 Å². The molecular weight excluding hydrogens is 230 g/mol. The highest BCUT2D eigenvalue weighted by atomic mass is 16.2. The van der Waals surface area contributed by atoms with E-state index in [4.69, 9.17) is 0 Å². The molecule has 1 saturated heterocycles. The van der Waals surface area contributed by atoms with Gasteiger partial charge in [0.1, 0.15) is 5.71 Å². The Morgan fingerprint density at radius 3 is 2.56 bits per heavy atom. The fourth-order valence-corrected chi connectivity index (χ4v) is 2.41. The van der Waals surface area contributed by atoms with Crippen molar-refractivity contribution in [1.82, 2.24) is 10.3 Å². The first-order chi connectivity index (χ1) is 8.54. The number of amides is 2. The molecule has 2 rings (SSSR count). The molecule has 0 bridgehead atoms. The van der Waals surface area contributed by atoms with Crippen molar-refractivity contribution in [3.8, 4) is 0 Å². The molecule has 2 aliphatic rings. The van der Waals surface area contributed by atoms with E-state index in [0.29, 0.717) is 24.0 Å². The van der Waals surface area contributed by atoms with Gasteiger partial charge in [-0.05, 0) is 18.3 Å². The molecule has 5 heteroatoms. The smallest absolute Gasteiger partial charge is 0.270 e. The van der Waals surface area contributed by atoms with Gasteiger partial charge >= 0.3 is 0 Å². The van der Waals surface area contributed by atoms with E-state index in [-0.39, 0.29) is 11.8 Å². The maximum atomic E-state index is 12.2. The molecular formula is C13H21N3O2. The van der Waals surface area contributed by atoms with Crippen LogP contribution in [0.4, 0.5) is 0 Å². The van der Waals surface area contributed by atoms with E-state index < -0.39 is 0 Å². The number of carbonyl (C=O) groups excluding carboxylic acids is 2. The van der Waals surface area contributed by atoms with Crippen molar-refractivity contribution < 1.29 is 9.59 Å². The normalized spacial score (nSPS) is 23.3. The van der Waals surface area contributed by atoms with Crippen LogP contribution in [0.15, 0.2) is 5.10 Å². The Bertz CT molecular complexity index is 382. The lowest BCUT2D eigenvalue weighted by atomic mass is 9.78. The Hall–Kier alpha value is -1.39. The monoisotopic (exact) mass is 251 g/mol. The highest BCUT2D eigenvalue weighted by molar-refractivity contribution is 6.39. The number of hydrogen-bond acceptors (Lipinski definition) is 3. The molecule has 18 heavy (non-hydrogen) atoms. The molecule has 0 unspecified atom stereocenters. The van der Waals surface area contributed by atoms with Crippen LogP contribution in [-0.4, -0.2) is 35.5 Å². The molecule has 2 aliphatic heterocycles. The fourth-order valence-electron chi connectivity index (χ4n) is 2.41. The van der Waals surface area contributed by atoms with Gasteiger partial charge in [0.15, 0.2) is 0 Å². The third-order valence-corrected chi connectivity index (χ3v) is 4.26. The Morgan fingerprint density at radius 2 is 2.06 bits per heavy atom. The number of nitrogens with one attached hydrogen (secondary N) is 1. The number of piperidine rings is 1. The summed E-state index contributed by atoms with van der Waals surface area (Å²) in [7, 11) is 0. The molecule has 0 aromatic heterocycles. The quantitative estimate of drug-likeness (QED) is 0.804. The minimum absolute atomic E-state index is 0.00634. The topological polar surface area (TPSA) is 61.8 Å². The predicted molar refractivity (Wildman–Crippen MR) is 69.0 cm³/mol. The lowest BCUT2D eigenvalue weighted by Gasteiger charge is -2.39. The van der Waals surface area contributed by atoms with Crippen LogP contribution in [0.1, 0.15) is 46.0 Å². The van der Waals surface area contributed by atoms with E-state index in [0.717, 1.165) is 32.4 Å². The lowest BCUT2D eigenvalue weighted by molar-refractivity contribution is -0.126. The fraction of sp³-hybridized carbons (Fsp3) is 0.769. The third kappa shape index (κ3) is 2.71. The molecule has 100 valence electrons. The zero-order valence-corrected chi connectivity index (χ0v) is 11.2. The number of hydrazone groups is 1.